The van der Waals surface area contributed by atoms with Crippen molar-refractivity contribution in [3.8, 4) is 11.4 Å². The lowest BCUT2D eigenvalue weighted by Gasteiger charge is -2.21. The lowest BCUT2D eigenvalue weighted by molar-refractivity contribution is -0.141. The number of fused-ring (bicyclic) bond motifs is 1. The average Bonchev–Trinajstić information content (AvgIpc) is 3.17. The molecule has 4 heterocycles. The highest BCUT2D eigenvalue weighted by atomic mass is 35.5. The molecule has 0 unspecified atom stereocenters. The number of thioether (sulfide) groups is 1. The Morgan fingerprint density at radius 2 is 2.00 bits per heavy atom. The fourth-order valence-electron chi connectivity index (χ4n) is 4.91. The van der Waals surface area contributed by atoms with Gasteiger partial charge >= 0.3 is 6.18 Å². The number of hydrogen-bond donors (Lipinski definition) is 0. The summed E-state index contributed by atoms with van der Waals surface area (Å²) in [6.07, 6.45) is 0.857. The van der Waals surface area contributed by atoms with E-state index in [0.717, 1.165) is 72.1 Å². The average molecular weight is 511 g/mol. The largest absolute Gasteiger partial charge is 0.433 e. The van der Waals surface area contributed by atoms with Crippen LogP contribution in [0.15, 0.2) is 41.8 Å². The Hall–Kier alpha value is -2.17. The molecule has 182 valence electrons. The number of rotatable bonds is 7. The topological polar surface area (TPSA) is 59.7 Å². The van der Waals surface area contributed by atoms with Gasteiger partial charge in [0, 0.05) is 55.0 Å². The van der Waals surface area contributed by atoms with Crippen molar-refractivity contribution in [3.05, 3.63) is 53.6 Å². The van der Waals surface area contributed by atoms with Crippen molar-refractivity contribution in [1.82, 2.24) is 29.6 Å². The van der Waals surface area contributed by atoms with E-state index in [-0.39, 0.29) is 17.8 Å². The normalized spacial score (nSPS) is 21.9. The second-order valence-corrected chi connectivity index (χ2v) is 9.99. The van der Waals surface area contributed by atoms with E-state index in [2.05, 4.69) is 25.1 Å². The Morgan fingerprint density at radius 1 is 1.18 bits per heavy atom. The van der Waals surface area contributed by atoms with E-state index in [9.17, 15) is 13.2 Å². The molecule has 2 fully saturated rings. The van der Waals surface area contributed by atoms with Gasteiger partial charge in [0.1, 0.15) is 5.69 Å². The van der Waals surface area contributed by atoms with E-state index in [1.165, 1.54) is 6.20 Å². The first kappa shape index (κ1) is 24.9. The number of halogens is 4. The number of piperidine rings is 1. The molecule has 0 radical (unpaired) electrons. The molecule has 2 aliphatic rings. The zero-order valence-electron chi connectivity index (χ0n) is 18.9. The number of alkyl halides is 3. The molecule has 0 amide bonds. The van der Waals surface area contributed by atoms with E-state index < -0.39 is 11.9 Å². The van der Waals surface area contributed by atoms with E-state index >= 15 is 0 Å². The summed E-state index contributed by atoms with van der Waals surface area (Å²) >= 11 is 1.69. The Balaban J connectivity index is 0.00000274. The van der Waals surface area contributed by atoms with Crippen LogP contribution in [0.3, 0.4) is 0 Å². The highest BCUT2D eigenvalue weighted by Gasteiger charge is 2.60. The summed E-state index contributed by atoms with van der Waals surface area (Å²) in [4.78, 5) is 10.4. The predicted octanol–water partition coefficient (Wildman–Crippen LogP) is 4.78. The molecule has 0 bridgehead atoms. The summed E-state index contributed by atoms with van der Waals surface area (Å²) in [7, 11) is 1.97. The summed E-state index contributed by atoms with van der Waals surface area (Å²) in [5.74, 6) is 2.26. The molecule has 0 N–H and O–H groups in total. The van der Waals surface area contributed by atoms with Crippen LogP contribution in [0.2, 0.25) is 0 Å². The number of aromatic nitrogens is 5. The smallest absolute Gasteiger partial charge is 0.305 e. The molecule has 1 saturated heterocycles. The van der Waals surface area contributed by atoms with Gasteiger partial charge in [0.05, 0.1) is 0 Å². The van der Waals surface area contributed by atoms with Crippen LogP contribution < -0.4 is 0 Å². The standard InChI is InChI=1S/C23H25F3N6S.ClH/c1-15-18(5-3-8-27-15)20-29-30-21(31(20)2)33-10-4-9-32-13-17-11-22(17,14-32)16-6-7-19(28-12-16)23(24,25)26;/h3,5-8,12,17H,4,9-11,13-14H2,1-2H3;1H/t17-,22+;/m1./s1. The minimum atomic E-state index is -4.39. The molecular weight excluding hydrogens is 485 g/mol. The maximum absolute atomic E-state index is 12.8. The van der Waals surface area contributed by atoms with Gasteiger partial charge in [-0.3, -0.25) is 9.97 Å². The molecule has 1 saturated carbocycles. The molecular formula is C23H26ClF3N6S. The van der Waals surface area contributed by atoms with Crippen molar-refractivity contribution >= 4 is 24.2 Å². The maximum Gasteiger partial charge on any atom is 0.433 e. The molecule has 5 rings (SSSR count). The van der Waals surface area contributed by atoms with Crippen LogP contribution >= 0.6 is 24.2 Å². The highest BCUT2D eigenvalue weighted by molar-refractivity contribution is 7.99. The van der Waals surface area contributed by atoms with Crippen LogP contribution in [-0.2, 0) is 18.6 Å². The van der Waals surface area contributed by atoms with Crippen molar-refractivity contribution < 1.29 is 13.2 Å². The van der Waals surface area contributed by atoms with Crippen molar-refractivity contribution in [3.63, 3.8) is 0 Å². The Bertz CT molecular complexity index is 1150. The van der Waals surface area contributed by atoms with E-state index in [0.29, 0.717) is 5.92 Å². The van der Waals surface area contributed by atoms with Crippen LogP contribution in [0.4, 0.5) is 13.2 Å². The minimum absolute atomic E-state index is 0. The third-order valence-electron chi connectivity index (χ3n) is 6.78. The minimum Gasteiger partial charge on any atom is -0.305 e. The lowest BCUT2D eigenvalue weighted by atomic mass is 9.96. The molecule has 0 spiro atoms. The number of hydrogen-bond acceptors (Lipinski definition) is 6. The third kappa shape index (κ3) is 4.67. The summed E-state index contributed by atoms with van der Waals surface area (Å²) < 4.78 is 40.4. The van der Waals surface area contributed by atoms with Crippen LogP contribution in [0, 0.1) is 12.8 Å². The quantitative estimate of drug-likeness (QED) is 0.337. The van der Waals surface area contributed by atoms with Gasteiger partial charge in [-0.2, -0.15) is 13.2 Å². The van der Waals surface area contributed by atoms with E-state index in [4.69, 9.17) is 0 Å². The van der Waals surface area contributed by atoms with Gasteiger partial charge in [-0.25, -0.2) is 0 Å². The van der Waals surface area contributed by atoms with Crippen molar-refractivity contribution in [2.24, 2.45) is 13.0 Å². The molecule has 34 heavy (non-hydrogen) atoms. The third-order valence-corrected chi connectivity index (χ3v) is 7.88. The van der Waals surface area contributed by atoms with Crippen LogP contribution in [0.1, 0.15) is 29.8 Å². The summed E-state index contributed by atoms with van der Waals surface area (Å²) in [6.45, 7) is 4.82. The summed E-state index contributed by atoms with van der Waals surface area (Å²) in [5.41, 5.74) is 2.02. The van der Waals surface area contributed by atoms with Gasteiger partial charge in [0.25, 0.3) is 0 Å². The molecule has 1 aliphatic carbocycles. The van der Waals surface area contributed by atoms with Crippen molar-refractivity contribution in [2.45, 2.75) is 36.5 Å². The fraction of sp³-hybridized carbons (Fsp3) is 0.478. The number of nitrogens with zero attached hydrogens (tertiary/aromatic N) is 6. The van der Waals surface area contributed by atoms with Gasteiger partial charge in [-0.1, -0.05) is 17.8 Å². The van der Waals surface area contributed by atoms with Crippen molar-refractivity contribution in [1.29, 1.82) is 0 Å². The van der Waals surface area contributed by atoms with Crippen molar-refractivity contribution in [2.75, 3.05) is 25.4 Å². The van der Waals surface area contributed by atoms with Gasteiger partial charge < -0.3 is 9.47 Å². The fourth-order valence-corrected chi connectivity index (χ4v) is 5.74. The first-order valence-electron chi connectivity index (χ1n) is 11.0. The number of pyridine rings is 2. The zero-order valence-corrected chi connectivity index (χ0v) is 20.6. The number of likely N-dealkylation sites (tertiary alicyclic amines) is 1. The van der Waals surface area contributed by atoms with Crippen LogP contribution in [-0.4, -0.2) is 55.0 Å². The monoisotopic (exact) mass is 510 g/mol. The molecule has 1 aliphatic heterocycles. The highest BCUT2D eigenvalue weighted by Crippen LogP contribution is 2.58. The summed E-state index contributed by atoms with van der Waals surface area (Å²) in [5, 5.41) is 9.57. The first-order valence-corrected chi connectivity index (χ1v) is 12.0. The van der Waals surface area contributed by atoms with Crippen LogP contribution in [0.25, 0.3) is 11.4 Å². The lowest BCUT2D eigenvalue weighted by Crippen LogP contribution is -2.28. The SMILES string of the molecule is Cc1ncccc1-c1nnc(SCCCN2C[C@H]3C[C@@]3(c3ccc(C(F)(F)F)nc3)C2)n1C.Cl. The van der Waals surface area contributed by atoms with Gasteiger partial charge in [0.2, 0.25) is 0 Å². The number of aryl methyl sites for hydroxylation is 1. The van der Waals surface area contributed by atoms with Gasteiger partial charge in [0.15, 0.2) is 11.0 Å². The second-order valence-electron chi connectivity index (χ2n) is 8.93. The summed E-state index contributed by atoms with van der Waals surface area (Å²) in [6, 6.07) is 6.63. The molecule has 2 atom stereocenters. The molecule has 0 aromatic carbocycles. The Morgan fingerprint density at radius 3 is 2.71 bits per heavy atom. The predicted molar refractivity (Wildman–Crippen MR) is 127 cm³/mol. The first-order chi connectivity index (χ1) is 15.8. The molecule has 3 aromatic rings. The zero-order chi connectivity index (χ0) is 23.2. The van der Waals surface area contributed by atoms with Crippen LogP contribution in [0.5, 0.6) is 0 Å². The van der Waals surface area contributed by atoms with Gasteiger partial charge in [-0.15, -0.1) is 22.6 Å². The van der Waals surface area contributed by atoms with E-state index in [1.807, 2.05) is 30.7 Å². The molecule has 3 aromatic heterocycles. The second kappa shape index (κ2) is 9.47. The maximum atomic E-state index is 12.8. The molecule has 11 heteroatoms. The molecule has 6 nitrogen and oxygen atoms in total. The Labute approximate surface area is 206 Å². The van der Waals surface area contributed by atoms with Gasteiger partial charge in [-0.05, 0) is 56.0 Å². The Kier molecular flexibility index (Phi) is 6.94. The van der Waals surface area contributed by atoms with E-state index in [1.54, 1.807) is 24.0 Å².